The number of amides is 1. The first-order chi connectivity index (χ1) is 12.6. The summed E-state index contributed by atoms with van der Waals surface area (Å²) < 4.78 is 1.16. The Morgan fingerprint density at radius 1 is 1.23 bits per heavy atom. The number of hydrogen-bond donors (Lipinski definition) is 2. The van der Waals surface area contributed by atoms with Crippen LogP contribution in [-0.2, 0) is 4.79 Å². The van der Waals surface area contributed by atoms with Gasteiger partial charge in [-0.05, 0) is 47.5 Å². The zero-order chi connectivity index (χ0) is 17.8. The first kappa shape index (κ1) is 15.2. The lowest BCUT2D eigenvalue weighted by atomic mass is 9.99. The normalized spacial score (nSPS) is 17.8. The molecule has 1 amide bonds. The highest BCUT2D eigenvalue weighted by molar-refractivity contribution is 7.17. The van der Waals surface area contributed by atoms with Crippen molar-refractivity contribution in [3.05, 3.63) is 71.1 Å². The molecule has 1 aliphatic heterocycles. The van der Waals surface area contributed by atoms with E-state index in [1.807, 2.05) is 37.3 Å². The summed E-state index contributed by atoms with van der Waals surface area (Å²) in [5, 5.41) is 13.6. The second-order valence-electron chi connectivity index (χ2n) is 6.40. The van der Waals surface area contributed by atoms with Crippen LogP contribution in [-0.4, -0.2) is 21.0 Å². The summed E-state index contributed by atoms with van der Waals surface area (Å²) in [6, 6.07) is 13.5. The molecule has 0 spiro atoms. The number of aromatic amines is 1. The predicted molar refractivity (Wildman–Crippen MR) is 103 cm³/mol. The molecule has 6 heteroatoms. The summed E-state index contributed by atoms with van der Waals surface area (Å²) in [5.41, 5.74) is 4.11. The number of anilines is 1. The Hall–Kier alpha value is -3.12. The van der Waals surface area contributed by atoms with Crippen molar-refractivity contribution in [1.29, 1.82) is 0 Å². The lowest BCUT2D eigenvalue weighted by Gasteiger charge is -2.26. The van der Waals surface area contributed by atoms with Gasteiger partial charge in [0.2, 0.25) is 0 Å². The second-order valence-corrected chi connectivity index (χ2v) is 7.31. The van der Waals surface area contributed by atoms with Gasteiger partial charge in [0.1, 0.15) is 0 Å². The fourth-order valence-corrected chi connectivity index (χ4v) is 4.62. The maximum atomic E-state index is 12.8. The molecule has 3 heterocycles. The van der Waals surface area contributed by atoms with Crippen LogP contribution in [0.3, 0.4) is 0 Å². The summed E-state index contributed by atoms with van der Waals surface area (Å²) in [5.74, 6) is -0.551. The molecule has 1 unspecified atom stereocenters. The van der Waals surface area contributed by atoms with Crippen LogP contribution in [0.5, 0.6) is 0 Å². The standard InChI is InChI=1S/C20H15N3O2S/c1-11-18(14-9-26-17-5-3-2-4-13(14)17)23(20(25)19(11)24)12-6-7-15-16(8-12)22-10-21-15/h2-10,18,24H,1H3,(H,21,22). The lowest BCUT2D eigenvalue weighted by molar-refractivity contribution is -0.117. The van der Waals surface area contributed by atoms with Gasteiger partial charge in [0.15, 0.2) is 5.76 Å². The third-order valence-electron chi connectivity index (χ3n) is 4.95. The van der Waals surface area contributed by atoms with Gasteiger partial charge in [0, 0.05) is 16.0 Å². The molecule has 5 nitrogen and oxygen atoms in total. The fraction of sp³-hybridized carbons (Fsp3) is 0.100. The van der Waals surface area contributed by atoms with Gasteiger partial charge >= 0.3 is 0 Å². The molecule has 5 rings (SSSR count). The van der Waals surface area contributed by atoms with Gasteiger partial charge in [-0.15, -0.1) is 11.3 Å². The maximum Gasteiger partial charge on any atom is 0.293 e. The van der Waals surface area contributed by atoms with Crippen LogP contribution in [0.15, 0.2) is 65.5 Å². The van der Waals surface area contributed by atoms with Crippen molar-refractivity contribution in [3.8, 4) is 0 Å². The van der Waals surface area contributed by atoms with Gasteiger partial charge < -0.3 is 10.1 Å². The van der Waals surface area contributed by atoms with Crippen LogP contribution in [0.4, 0.5) is 5.69 Å². The minimum Gasteiger partial charge on any atom is -0.503 e. The molecular formula is C20H15N3O2S. The molecule has 0 saturated carbocycles. The predicted octanol–water partition coefficient (Wildman–Crippen LogP) is 4.70. The van der Waals surface area contributed by atoms with E-state index in [-0.39, 0.29) is 17.7 Å². The van der Waals surface area contributed by atoms with Crippen LogP contribution in [0, 0.1) is 0 Å². The van der Waals surface area contributed by atoms with E-state index < -0.39 is 0 Å². The van der Waals surface area contributed by atoms with E-state index in [1.54, 1.807) is 22.6 Å². The molecule has 0 saturated heterocycles. The summed E-state index contributed by atoms with van der Waals surface area (Å²) in [6.07, 6.45) is 1.63. The number of nitrogens with zero attached hydrogens (tertiary/aromatic N) is 2. The number of imidazole rings is 1. The molecule has 128 valence electrons. The van der Waals surface area contributed by atoms with Crippen molar-refractivity contribution in [2.45, 2.75) is 13.0 Å². The van der Waals surface area contributed by atoms with E-state index >= 15 is 0 Å². The van der Waals surface area contributed by atoms with Crippen LogP contribution in [0.2, 0.25) is 0 Å². The molecule has 0 fully saturated rings. The van der Waals surface area contributed by atoms with Gasteiger partial charge in [-0.3, -0.25) is 9.69 Å². The number of carbonyl (C=O) groups excluding carboxylic acids is 1. The Kier molecular flexibility index (Phi) is 3.17. The molecule has 2 aromatic carbocycles. The average molecular weight is 361 g/mol. The number of nitrogens with one attached hydrogen (secondary N) is 1. The minimum atomic E-state index is -0.377. The first-order valence-electron chi connectivity index (χ1n) is 8.27. The average Bonchev–Trinajstić information content (AvgIpc) is 3.34. The molecule has 1 aliphatic rings. The third kappa shape index (κ3) is 2.02. The molecule has 4 aromatic rings. The quantitative estimate of drug-likeness (QED) is 0.544. The van der Waals surface area contributed by atoms with Gasteiger partial charge in [-0.25, -0.2) is 4.98 Å². The molecule has 0 bridgehead atoms. The van der Waals surface area contributed by atoms with Crippen molar-refractivity contribution in [1.82, 2.24) is 9.97 Å². The zero-order valence-corrected chi connectivity index (χ0v) is 14.7. The number of hydrogen-bond acceptors (Lipinski definition) is 4. The van der Waals surface area contributed by atoms with Crippen molar-refractivity contribution < 1.29 is 9.90 Å². The van der Waals surface area contributed by atoms with Crippen molar-refractivity contribution >= 4 is 44.1 Å². The number of H-pyrrole nitrogens is 1. The summed E-state index contributed by atoms with van der Waals surface area (Å²) >= 11 is 1.65. The SMILES string of the molecule is CC1=C(O)C(=O)N(c2ccc3[nH]cnc3c2)C1c1csc2ccccc12. The van der Waals surface area contributed by atoms with Crippen LogP contribution in [0.1, 0.15) is 18.5 Å². The number of benzene rings is 2. The van der Waals surface area contributed by atoms with Gasteiger partial charge in [0.25, 0.3) is 5.91 Å². The number of fused-ring (bicyclic) bond motifs is 2. The molecule has 0 aliphatic carbocycles. The number of thiophene rings is 1. The van der Waals surface area contributed by atoms with E-state index in [1.165, 1.54) is 0 Å². The van der Waals surface area contributed by atoms with E-state index in [9.17, 15) is 9.90 Å². The van der Waals surface area contributed by atoms with E-state index in [4.69, 9.17) is 0 Å². The lowest BCUT2D eigenvalue weighted by Crippen LogP contribution is -2.29. The smallest absolute Gasteiger partial charge is 0.293 e. The highest BCUT2D eigenvalue weighted by atomic mass is 32.1. The summed E-state index contributed by atoms with van der Waals surface area (Å²) in [7, 11) is 0. The number of aromatic nitrogens is 2. The van der Waals surface area contributed by atoms with E-state index in [2.05, 4.69) is 27.5 Å². The molecule has 26 heavy (non-hydrogen) atoms. The van der Waals surface area contributed by atoms with E-state index in [0.717, 1.165) is 32.4 Å². The zero-order valence-electron chi connectivity index (χ0n) is 13.9. The number of rotatable bonds is 2. The van der Waals surface area contributed by atoms with Crippen molar-refractivity contribution in [2.75, 3.05) is 4.90 Å². The molecule has 0 radical (unpaired) electrons. The minimum absolute atomic E-state index is 0.174. The highest BCUT2D eigenvalue weighted by Crippen LogP contribution is 2.44. The molecule has 2 N–H and O–H groups in total. The van der Waals surface area contributed by atoms with Crippen molar-refractivity contribution in [3.63, 3.8) is 0 Å². The highest BCUT2D eigenvalue weighted by Gasteiger charge is 2.40. The second kappa shape index (κ2) is 5.44. The molecular weight excluding hydrogens is 346 g/mol. The number of aliphatic hydroxyl groups is 1. The Bertz CT molecular complexity index is 1200. The van der Waals surface area contributed by atoms with Gasteiger partial charge in [-0.2, -0.15) is 0 Å². The summed E-state index contributed by atoms with van der Waals surface area (Å²) in [4.78, 5) is 21.8. The molecule has 1 atom stereocenters. The first-order valence-corrected chi connectivity index (χ1v) is 9.15. The van der Waals surface area contributed by atoms with E-state index in [0.29, 0.717) is 5.57 Å². The Morgan fingerprint density at radius 3 is 2.96 bits per heavy atom. The Balaban J connectivity index is 1.71. The maximum absolute atomic E-state index is 12.8. The third-order valence-corrected chi connectivity index (χ3v) is 5.93. The number of aliphatic hydroxyl groups excluding tert-OH is 1. The Morgan fingerprint density at radius 2 is 2.08 bits per heavy atom. The summed E-state index contributed by atoms with van der Waals surface area (Å²) in [6.45, 7) is 1.82. The topological polar surface area (TPSA) is 69.2 Å². The van der Waals surface area contributed by atoms with Crippen LogP contribution < -0.4 is 4.90 Å². The van der Waals surface area contributed by atoms with Gasteiger partial charge in [-0.1, -0.05) is 18.2 Å². The van der Waals surface area contributed by atoms with Crippen LogP contribution in [0.25, 0.3) is 21.1 Å². The van der Waals surface area contributed by atoms with Crippen LogP contribution >= 0.6 is 11.3 Å². The van der Waals surface area contributed by atoms with Crippen molar-refractivity contribution in [2.24, 2.45) is 0 Å². The largest absolute Gasteiger partial charge is 0.503 e. The number of carbonyl (C=O) groups is 1. The molecule has 2 aromatic heterocycles. The van der Waals surface area contributed by atoms with Gasteiger partial charge in [0.05, 0.1) is 23.4 Å². The monoisotopic (exact) mass is 361 g/mol. The Labute approximate surface area is 153 Å². The fourth-order valence-electron chi connectivity index (χ4n) is 3.64.